The number of anilines is 6. The number of aromatic nitrogens is 2. The van der Waals surface area contributed by atoms with Crippen molar-refractivity contribution in [1.82, 2.24) is 9.97 Å². The Morgan fingerprint density at radius 2 is 0.892 bits per heavy atom. The van der Waals surface area contributed by atoms with Crippen LogP contribution in [0.1, 0.15) is 128 Å². The average Bonchev–Trinajstić information content (AvgIpc) is 3.96. The van der Waals surface area contributed by atoms with Crippen LogP contribution in [-0.4, -0.2) is 9.97 Å². The SMILES string of the molecule is CC(C)(C)c1ccc(N(c2ccc(C(C)(C)C)cc2)c2ccc3c(c2)C(c2ccccc2)(c2ccccc2)c2cc(N(c4ccc(C(C)(C)C)cc4)c4ccc(C(C)(C)C)cn4)c4c(oc5ncccc54)c2-3)cc1. The van der Waals surface area contributed by atoms with E-state index in [-0.39, 0.29) is 21.7 Å². The zero-order valence-corrected chi connectivity index (χ0v) is 45.2. The van der Waals surface area contributed by atoms with Gasteiger partial charge < -0.3 is 9.32 Å². The molecule has 0 saturated heterocycles. The maximum absolute atomic E-state index is 7.23. The third-order valence-electron chi connectivity index (χ3n) is 15.3. The van der Waals surface area contributed by atoms with Crippen LogP contribution >= 0.6 is 0 Å². The average molecular weight is 969 g/mol. The van der Waals surface area contributed by atoms with E-state index in [0.717, 1.165) is 78.4 Å². The van der Waals surface area contributed by atoms with Gasteiger partial charge in [-0.15, -0.1) is 0 Å². The Hall–Kier alpha value is -7.76. The van der Waals surface area contributed by atoms with Crippen molar-refractivity contribution in [1.29, 1.82) is 0 Å². The van der Waals surface area contributed by atoms with Gasteiger partial charge in [0.15, 0.2) is 0 Å². The summed E-state index contributed by atoms with van der Waals surface area (Å²) in [7, 11) is 0. The van der Waals surface area contributed by atoms with Crippen LogP contribution in [0.2, 0.25) is 0 Å². The van der Waals surface area contributed by atoms with E-state index in [4.69, 9.17) is 14.4 Å². The van der Waals surface area contributed by atoms with Crippen LogP contribution in [0.25, 0.3) is 33.2 Å². The summed E-state index contributed by atoms with van der Waals surface area (Å²) in [6.07, 6.45) is 3.87. The largest absolute Gasteiger partial charge is 0.437 e. The van der Waals surface area contributed by atoms with Crippen molar-refractivity contribution in [3.05, 3.63) is 239 Å². The van der Waals surface area contributed by atoms with Crippen LogP contribution in [0, 0.1) is 0 Å². The standard InChI is InChI=1S/C69H68N4O/c1-65(2,3)45-25-32-51(33-26-45)72(52-34-27-46(28-35-52)66(4,5)6)54-38-39-55-57(42-54)69(48-20-15-13-16-21-48,49-22-17-14-18-23-49)58-43-59(62-56-24-19-41-70-64(56)74-63(62)61(55)58)73(53-36-29-47(30-37-53)67(7,8)9)60-40-31-50(44-71-60)68(10,11)12/h13-44H,1-12H3. The predicted molar refractivity (Wildman–Crippen MR) is 311 cm³/mol. The molecule has 0 unspecified atom stereocenters. The molecule has 11 rings (SSSR count). The van der Waals surface area contributed by atoms with Crippen LogP contribution in [0.5, 0.6) is 0 Å². The van der Waals surface area contributed by atoms with Crippen molar-refractivity contribution in [2.24, 2.45) is 0 Å². The van der Waals surface area contributed by atoms with E-state index < -0.39 is 5.41 Å². The summed E-state index contributed by atoms with van der Waals surface area (Å²) < 4.78 is 7.23. The Kier molecular flexibility index (Phi) is 11.6. The van der Waals surface area contributed by atoms with E-state index in [1.165, 1.54) is 27.8 Å². The quantitative estimate of drug-likeness (QED) is 0.152. The fourth-order valence-electron chi connectivity index (χ4n) is 11.2. The number of pyridine rings is 2. The van der Waals surface area contributed by atoms with Gasteiger partial charge in [0.1, 0.15) is 11.4 Å². The monoisotopic (exact) mass is 969 g/mol. The van der Waals surface area contributed by atoms with E-state index >= 15 is 0 Å². The molecule has 1 aliphatic rings. The number of hydrogen-bond donors (Lipinski definition) is 0. The number of hydrogen-bond acceptors (Lipinski definition) is 5. The molecule has 0 saturated carbocycles. The van der Waals surface area contributed by atoms with Gasteiger partial charge >= 0.3 is 0 Å². The summed E-state index contributed by atoms with van der Waals surface area (Å²) in [5, 5.41) is 1.93. The van der Waals surface area contributed by atoms with Crippen molar-refractivity contribution in [2.45, 2.75) is 110 Å². The number of fused-ring (bicyclic) bond motifs is 7. The summed E-state index contributed by atoms with van der Waals surface area (Å²) in [6, 6.07) is 67.5. The van der Waals surface area contributed by atoms with Gasteiger partial charge in [0.05, 0.1) is 21.9 Å². The lowest BCUT2D eigenvalue weighted by Crippen LogP contribution is -2.29. The van der Waals surface area contributed by atoms with Gasteiger partial charge in [-0.05, 0) is 145 Å². The van der Waals surface area contributed by atoms with Crippen LogP contribution in [0.3, 0.4) is 0 Å². The van der Waals surface area contributed by atoms with Crippen LogP contribution in [0.15, 0.2) is 199 Å². The lowest BCUT2D eigenvalue weighted by atomic mass is 9.67. The van der Waals surface area contributed by atoms with Crippen LogP contribution in [-0.2, 0) is 27.1 Å². The molecule has 370 valence electrons. The topological polar surface area (TPSA) is 45.4 Å². The van der Waals surface area contributed by atoms with Crippen molar-refractivity contribution in [2.75, 3.05) is 9.80 Å². The highest BCUT2D eigenvalue weighted by molar-refractivity contribution is 6.18. The van der Waals surface area contributed by atoms with E-state index in [1.807, 2.05) is 18.5 Å². The Morgan fingerprint density at radius 3 is 1.36 bits per heavy atom. The fraction of sp³-hybridized carbons (Fsp3) is 0.246. The van der Waals surface area contributed by atoms with Crippen molar-refractivity contribution >= 4 is 56.3 Å². The van der Waals surface area contributed by atoms with Crippen molar-refractivity contribution in [3.63, 3.8) is 0 Å². The second-order valence-electron chi connectivity index (χ2n) is 24.4. The third kappa shape index (κ3) is 8.27. The minimum absolute atomic E-state index is 0.00972. The Balaban J connectivity index is 1.25. The van der Waals surface area contributed by atoms with Gasteiger partial charge in [-0.3, -0.25) is 4.90 Å². The molecule has 3 aromatic heterocycles. The van der Waals surface area contributed by atoms with E-state index in [0.29, 0.717) is 5.71 Å². The lowest BCUT2D eigenvalue weighted by Gasteiger charge is -2.36. The summed E-state index contributed by atoms with van der Waals surface area (Å²) in [4.78, 5) is 15.0. The highest BCUT2D eigenvalue weighted by Crippen LogP contribution is 2.61. The molecule has 10 aromatic rings. The molecule has 7 aromatic carbocycles. The number of nitrogens with zero attached hydrogens (tertiary/aromatic N) is 4. The first kappa shape index (κ1) is 48.5. The van der Waals surface area contributed by atoms with E-state index in [1.54, 1.807) is 0 Å². The smallest absolute Gasteiger partial charge is 0.227 e. The highest BCUT2D eigenvalue weighted by Gasteiger charge is 2.49. The minimum atomic E-state index is -0.804. The first-order chi connectivity index (χ1) is 35.2. The predicted octanol–water partition coefficient (Wildman–Crippen LogP) is 18.9. The Bertz CT molecular complexity index is 3500. The van der Waals surface area contributed by atoms with Crippen LogP contribution in [0.4, 0.5) is 34.3 Å². The zero-order chi connectivity index (χ0) is 52.0. The molecular formula is C69H68N4O. The van der Waals surface area contributed by atoms with Gasteiger partial charge in [-0.2, -0.15) is 0 Å². The molecular weight excluding hydrogens is 901 g/mol. The molecule has 0 spiro atoms. The van der Waals surface area contributed by atoms with Gasteiger partial charge in [-0.1, -0.05) is 192 Å². The van der Waals surface area contributed by atoms with Gasteiger partial charge in [0, 0.05) is 40.7 Å². The molecule has 74 heavy (non-hydrogen) atoms. The third-order valence-corrected chi connectivity index (χ3v) is 15.3. The molecule has 5 heteroatoms. The molecule has 3 heterocycles. The summed E-state index contributed by atoms with van der Waals surface area (Å²) in [5.74, 6) is 0.814. The molecule has 0 amide bonds. The highest BCUT2D eigenvalue weighted by atomic mass is 16.3. The number of benzene rings is 7. The van der Waals surface area contributed by atoms with Crippen LogP contribution < -0.4 is 9.80 Å². The normalized spacial score (nSPS) is 13.5. The molecule has 0 N–H and O–H groups in total. The number of rotatable bonds is 8. The first-order valence-corrected chi connectivity index (χ1v) is 26.2. The van der Waals surface area contributed by atoms with E-state index in [2.05, 4.69) is 269 Å². The maximum atomic E-state index is 7.23. The molecule has 1 aliphatic carbocycles. The number of furan rings is 1. The van der Waals surface area contributed by atoms with Crippen molar-refractivity contribution < 1.29 is 4.42 Å². The molecule has 0 bridgehead atoms. The summed E-state index contributed by atoms with van der Waals surface area (Å²) in [6.45, 7) is 27.2. The van der Waals surface area contributed by atoms with Gasteiger partial charge in [-0.25, -0.2) is 9.97 Å². The fourth-order valence-corrected chi connectivity index (χ4v) is 11.2. The maximum Gasteiger partial charge on any atom is 0.227 e. The van der Waals surface area contributed by atoms with E-state index in [9.17, 15) is 0 Å². The first-order valence-electron chi connectivity index (χ1n) is 26.2. The molecule has 0 aliphatic heterocycles. The van der Waals surface area contributed by atoms with Crippen molar-refractivity contribution in [3.8, 4) is 11.1 Å². The lowest BCUT2D eigenvalue weighted by molar-refractivity contribution is 0.587. The summed E-state index contributed by atoms with van der Waals surface area (Å²) >= 11 is 0. The Labute approximate surface area is 438 Å². The van der Waals surface area contributed by atoms with Gasteiger partial charge in [0.25, 0.3) is 0 Å². The second kappa shape index (κ2) is 17.7. The molecule has 5 nitrogen and oxygen atoms in total. The Morgan fingerprint density at radius 1 is 0.419 bits per heavy atom. The molecule has 0 atom stereocenters. The molecule has 0 fully saturated rings. The summed E-state index contributed by atoms with van der Waals surface area (Å²) in [5.41, 5.74) is 17.5. The minimum Gasteiger partial charge on any atom is -0.437 e. The molecule has 0 radical (unpaired) electrons. The zero-order valence-electron chi connectivity index (χ0n) is 45.2. The second-order valence-corrected chi connectivity index (χ2v) is 24.4. The van der Waals surface area contributed by atoms with Gasteiger partial charge in [0.2, 0.25) is 5.71 Å².